The number of alkyl halides is 6. The van der Waals surface area contributed by atoms with E-state index in [-0.39, 0.29) is 58.7 Å². The molecule has 6 N–H and O–H groups in total. The fourth-order valence-corrected chi connectivity index (χ4v) is 11.0. The van der Waals surface area contributed by atoms with Gasteiger partial charge < -0.3 is 36.3 Å². The maximum absolute atomic E-state index is 14.1. The van der Waals surface area contributed by atoms with Gasteiger partial charge in [-0.15, -0.1) is 0 Å². The molecule has 0 saturated heterocycles. The Bertz CT molecular complexity index is 3170. The van der Waals surface area contributed by atoms with Crippen LogP contribution in [0.2, 0.25) is 0 Å². The summed E-state index contributed by atoms with van der Waals surface area (Å²) >= 11 is 0. The van der Waals surface area contributed by atoms with Crippen molar-refractivity contribution < 1.29 is 64.5 Å². The Morgan fingerprint density at radius 3 is 1.02 bits per heavy atom. The topological polar surface area (TPSA) is 189 Å². The van der Waals surface area contributed by atoms with E-state index in [9.17, 15) is 50.3 Å². The van der Waals surface area contributed by atoms with Crippen LogP contribution in [0.3, 0.4) is 0 Å². The van der Waals surface area contributed by atoms with Crippen molar-refractivity contribution in [2.45, 2.75) is 277 Å². The second kappa shape index (κ2) is 48.4. The van der Waals surface area contributed by atoms with Gasteiger partial charge in [-0.3, -0.25) is 19.2 Å². The van der Waals surface area contributed by atoms with E-state index in [0.717, 1.165) is 133 Å². The molecule has 0 atom stereocenters. The van der Waals surface area contributed by atoms with E-state index in [0.29, 0.717) is 25.0 Å². The minimum Gasteiger partial charge on any atom is -0.457 e. The lowest BCUT2D eigenvalue weighted by atomic mass is 10.1. The van der Waals surface area contributed by atoms with Crippen molar-refractivity contribution >= 4 is 41.0 Å². The number of nitrogens with one attached hydrogen (secondary N) is 2. The van der Waals surface area contributed by atoms with Crippen LogP contribution in [0.5, 0.6) is 23.0 Å². The fourth-order valence-electron chi connectivity index (χ4n) is 11.0. The minimum atomic E-state index is -5.04. The highest BCUT2D eigenvalue weighted by atomic mass is 19.4. The van der Waals surface area contributed by atoms with Crippen LogP contribution in [-0.2, 0) is 33.3 Å². The number of primary amides is 2. The van der Waals surface area contributed by atoms with Gasteiger partial charge in [-0.1, -0.05) is 204 Å². The predicted octanol–water partition coefficient (Wildman–Crippen LogP) is 21.6. The first-order valence-corrected chi connectivity index (χ1v) is 35.6. The molecule has 12 nitrogen and oxygen atoms in total. The number of carbonyl (C=O) groups is 5. The van der Waals surface area contributed by atoms with Gasteiger partial charge in [-0.2, -0.15) is 26.3 Å². The minimum absolute atomic E-state index is 0.0610. The Balaban J connectivity index is 1.37. The molecule has 18 heteroatoms. The largest absolute Gasteiger partial charge is 0.457 e. The summed E-state index contributed by atoms with van der Waals surface area (Å²) in [5.74, 6) is 18.9. The molecule has 4 aromatic carbocycles. The van der Waals surface area contributed by atoms with Gasteiger partial charge >= 0.3 is 18.3 Å². The summed E-state index contributed by atoms with van der Waals surface area (Å²) < 4.78 is 102. The SMILES string of the molecule is CCCCCCCCCCCCC#CC#CCCCCCCCCC(=O)Nc1cc(NC(=O)CCCCCCCCC#CC#CCCCCCCCCCCCC)cc(C(=O)OCc2cc(Oc3ccc(C(N)=O)c(C(F)(F)F)c3)cc(Oc3ccc(C(N)=O)c(C(F)(F)F)c3)c2)c1. The Labute approximate surface area is 578 Å². The molecule has 0 heterocycles. The van der Waals surface area contributed by atoms with Gasteiger partial charge in [-0.25, -0.2) is 4.79 Å². The molecule has 0 aliphatic rings. The molecule has 0 bridgehead atoms. The number of benzene rings is 4. The number of ether oxygens (including phenoxy) is 3. The number of nitrogens with two attached hydrogens (primary N) is 2. The molecule has 4 amide bonds. The first-order chi connectivity index (χ1) is 47.3. The van der Waals surface area contributed by atoms with Crippen molar-refractivity contribution in [2.75, 3.05) is 10.6 Å². The summed E-state index contributed by atoms with van der Waals surface area (Å²) in [4.78, 5) is 64.6. The third kappa shape index (κ3) is 36.3. The normalized spacial score (nSPS) is 11.0. The van der Waals surface area contributed by atoms with Gasteiger partial charge in [0.25, 0.3) is 0 Å². The quantitative estimate of drug-likeness (QED) is 0.0145. The molecule has 0 unspecified atom stereocenters. The molecule has 4 rings (SSSR count). The average Bonchev–Trinajstić information content (AvgIpc) is 0.813. The summed E-state index contributed by atoms with van der Waals surface area (Å²) in [5.41, 5.74) is 6.29. The van der Waals surface area contributed by atoms with Gasteiger partial charge in [0.1, 0.15) is 29.6 Å². The lowest BCUT2D eigenvalue weighted by Gasteiger charge is -2.16. The molecule has 0 radical (unpaired) electrons. The number of rotatable bonds is 47. The number of carbonyl (C=O) groups excluding carboxylic acids is 5. The molecule has 0 aromatic heterocycles. The van der Waals surface area contributed by atoms with Crippen molar-refractivity contribution in [1.29, 1.82) is 0 Å². The van der Waals surface area contributed by atoms with Gasteiger partial charge in [0.15, 0.2) is 0 Å². The lowest BCUT2D eigenvalue weighted by Crippen LogP contribution is -2.18. The van der Waals surface area contributed by atoms with E-state index >= 15 is 0 Å². The lowest BCUT2D eigenvalue weighted by molar-refractivity contribution is -0.138. The predicted molar refractivity (Wildman–Crippen MR) is 377 cm³/mol. The standard InChI is InChI=1S/C80H102F6N4O8/c1-3-5-7-9-11-13-15-17-19-21-23-25-27-29-31-33-35-37-39-41-43-45-47-74(91)89-64-55-63(56-65(57-64)90-75(92)48-46-44-42-40-38-36-34-32-30-28-26-24-22-20-18-16-14-12-10-8-6-4-2)78(95)96-61-62-53-68(97-66-49-51-70(76(87)93)72(59-66)79(81,82)83)58-69(54-62)98-67-50-52-71(77(88)94)73(60-67)80(84,85)86/h49-60H,3-24,33-48,61H2,1-2H3,(H2,87,93)(H2,88,94)(H,89,91)(H,90,92). The summed E-state index contributed by atoms with van der Waals surface area (Å²) in [6.45, 7) is 3.90. The van der Waals surface area contributed by atoms with E-state index < -0.39 is 70.5 Å². The molecule has 4 aromatic rings. The molecule has 0 saturated carbocycles. The molecule has 0 aliphatic heterocycles. The number of esters is 1. The zero-order chi connectivity index (χ0) is 71.1. The third-order valence-corrected chi connectivity index (χ3v) is 16.3. The van der Waals surface area contributed by atoms with Gasteiger partial charge in [0.2, 0.25) is 23.6 Å². The van der Waals surface area contributed by atoms with E-state index in [1.54, 1.807) is 0 Å². The average molecular weight is 1360 g/mol. The first-order valence-electron chi connectivity index (χ1n) is 35.6. The van der Waals surface area contributed by atoms with Crippen LogP contribution in [0.15, 0.2) is 72.8 Å². The molecular weight excluding hydrogens is 1260 g/mol. The molecular formula is C80H102F6N4O8. The number of halogens is 6. The Morgan fingerprint density at radius 1 is 0.388 bits per heavy atom. The van der Waals surface area contributed by atoms with Crippen LogP contribution >= 0.6 is 0 Å². The highest BCUT2D eigenvalue weighted by molar-refractivity contribution is 5.99. The van der Waals surface area contributed by atoms with Gasteiger partial charge in [0, 0.05) is 56.0 Å². The van der Waals surface area contributed by atoms with Crippen molar-refractivity contribution in [3.8, 4) is 70.4 Å². The van der Waals surface area contributed by atoms with Crippen LogP contribution in [0, 0.1) is 47.4 Å². The highest BCUT2D eigenvalue weighted by Crippen LogP contribution is 2.39. The van der Waals surface area contributed by atoms with Crippen LogP contribution in [0.25, 0.3) is 0 Å². The van der Waals surface area contributed by atoms with Crippen molar-refractivity contribution in [3.05, 3.63) is 106 Å². The van der Waals surface area contributed by atoms with Gasteiger partial charge in [0.05, 0.1) is 27.8 Å². The number of hydrogen-bond donors (Lipinski definition) is 4. The molecule has 0 fully saturated rings. The van der Waals surface area contributed by atoms with E-state index in [1.165, 1.54) is 146 Å². The van der Waals surface area contributed by atoms with E-state index in [4.69, 9.17) is 25.7 Å². The maximum atomic E-state index is 14.1. The van der Waals surface area contributed by atoms with Gasteiger partial charge in [-0.05, 0) is 135 Å². The Hall–Kier alpha value is -8.35. The van der Waals surface area contributed by atoms with E-state index in [1.807, 2.05) is 0 Å². The second-order valence-corrected chi connectivity index (χ2v) is 24.9. The Kier molecular flexibility index (Phi) is 40.5. The summed E-state index contributed by atoms with van der Waals surface area (Å²) in [6, 6.07) is 12.7. The molecule has 0 aliphatic carbocycles. The molecule has 532 valence electrons. The highest BCUT2D eigenvalue weighted by Gasteiger charge is 2.37. The monoisotopic (exact) mass is 1360 g/mol. The van der Waals surface area contributed by atoms with Crippen LogP contribution in [0.1, 0.15) is 306 Å². The molecule has 0 spiro atoms. The summed E-state index contributed by atoms with van der Waals surface area (Å²) in [6.07, 6.45) is 30.0. The fraction of sp³-hybridized carbons (Fsp3) is 0.537. The Morgan fingerprint density at radius 2 is 0.704 bits per heavy atom. The third-order valence-electron chi connectivity index (χ3n) is 16.3. The van der Waals surface area contributed by atoms with Crippen molar-refractivity contribution in [3.63, 3.8) is 0 Å². The van der Waals surface area contributed by atoms with Crippen LogP contribution in [-0.4, -0.2) is 29.6 Å². The maximum Gasteiger partial charge on any atom is 0.417 e. The smallest absolute Gasteiger partial charge is 0.417 e. The molecule has 98 heavy (non-hydrogen) atoms. The van der Waals surface area contributed by atoms with E-state index in [2.05, 4.69) is 71.8 Å². The second-order valence-electron chi connectivity index (χ2n) is 24.9. The van der Waals surface area contributed by atoms with Crippen molar-refractivity contribution in [1.82, 2.24) is 0 Å². The zero-order valence-electron chi connectivity index (χ0n) is 57.7. The number of hydrogen-bond acceptors (Lipinski definition) is 8. The number of amides is 4. The number of anilines is 2. The van der Waals surface area contributed by atoms with Crippen LogP contribution in [0.4, 0.5) is 37.7 Å². The van der Waals surface area contributed by atoms with Crippen molar-refractivity contribution in [2.24, 2.45) is 11.5 Å². The first kappa shape index (κ1) is 82.1. The number of unbranched alkanes of at least 4 members (excludes halogenated alkanes) is 32. The summed E-state index contributed by atoms with van der Waals surface area (Å²) in [5, 5.41) is 5.68. The zero-order valence-corrected chi connectivity index (χ0v) is 57.7. The van der Waals surface area contributed by atoms with Crippen LogP contribution < -0.4 is 31.6 Å². The summed E-state index contributed by atoms with van der Waals surface area (Å²) in [7, 11) is 0.